The molecule has 1 aromatic heterocycles. The fourth-order valence-corrected chi connectivity index (χ4v) is 3.00. The molecule has 0 aliphatic heterocycles. The quantitative estimate of drug-likeness (QED) is 0.638. The first-order valence-electron chi connectivity index (χ1n) is 6.78. The zero-order valence-electron chi connectivity index (χ0n) is 11.1. The lowest BCUT2D eigenvalue weighted by Gasteiger charge is -2.10. The van der Waals surface area contributed by atoms with E-state index in [1.807, 2.05) is 30.3 Å². The number of Topliss-reactive ketones (excluding diaryl/α,β-unsaturated/α-hetero) is 2. The molecule has 3 aromatic rings. The van der Waals surface area contributed by atoms with Crippen molar-refractivity contribution in [1.29, 1.82) is 0 Å². The van der Waals surface area contributed by atoms with Crippen molar-refractivity contribution in [3.05, 3.63) is 77.5 Å². The SMILES string of the molecule is O=C1c2ccccc2C(=O)C1c1cccc2ncccc12. The number of hydrogen-bond acceptors (Lipinski definition) is 3. The van der Waals surface area contributed by atoms with Crippen LogP contribution in [0.1, 0.15) is 32.2 Å². The third-order valence-corrected chi connectivity index (χ3v) is 3.97. The Bertz CT molecular complexity index is 858. The van der Waals surface area contributed by atoms with E-state index >= 15 is 0 Å². The van der Waals surface area contributed by atoms with E-state index in [0.717, 1.165) is 16.5 Å². The Morgan fingerprint density at radius 3 is 2.19 bits per heavy atom. The number of hydrogen-bond donors (Lipinski definition) is 0. The molecule has 4 rings (SSSR count). The summed E-state index contributed by atoms with van der Waals surface area (Å²) in [5, 5.41) is 0.861. The summed E-state index contributed by atoms with van der Waals surface area (Å²) in [6.07, 6.45) is 1.71. The van der Waals surface area contributed by atoms with Crippen LogP contribution in [-0.2, 0) is 0 Å². The molecule has 1 aliphatic carbocycles. The van der Waals surface area contributed by atoms with Gasteiger partial charge in [-0.15, -0.1) is 0 Å². The molecule has 1 aliphatic rings. The molecule has 2 aromatic carbocycles. The predicted octanol–water partition coefficient (Wildman–Crippen LogP) is 3.40. The molecule has 3 heteroatoms. The Morgan fingerprint density at radius 2 is 1.48 bits per heavy atom. The van der Waals surface area contributed by atoms with Crippen molar-refractivity contribution in [2.75, 3.05) is 0 Å². The lowest BCUT2D eigenvalue weighted by Crippen LogP contribution is -2.13. The third-order valence-electron chi connectivity index (χ3n) is 3.97. The molecule has 0 bridgehead atoms. The van der Waals surface area contributed by atoms with Gasteiger partial charge in [-0.25, -0.2) is 0 Å². The van der Waals surface area contributed by atoms with Crippen LogP contribution in [0.5, 0.6) is 0 Å². The number of carbonyl (C=O) groups is 2. The standard InChI is InChI=1S/C18H11NO2/c20-17-13-5-1-2-6-14(13)18(21)16(17)12-7-3-9-15-11(12)8-4-10-19-15/h1-10,16H. The van der Waals surface area contributed by atoms with Crippen LogP contribution in [0.15, 0.2) is 60.8 Å². The summed E-state index contributed by atoms with van der Waals surface area (Å²) in [6.45, 7) is 0. The second-order valence-corrected chi connectivity index (χ2v) is 5.12. The molecule has 100 valence electrons. The Labute approximate surface area is 121 Å². The maximum atomic E-state index is 12.6. The largest absolute Gasteiger partial charge is 0.293 e. The van der Waals surface area contributed by atoms with Gasteiger partial charge in [0.1, 0.15) is 5.92 Å². The lowest BCUT2D eigenvalue weighted by atomic mass is 9.91. The van der Waals surface area contributed by atoms with Crippen LogP contribution < -0.4 is 0 Å². The van der Waals surface area contributed by atoms with Gasteiger partial charge in [-0.05, 0) is 17.7 Å². The van der Waals surface area contributed by atoms with Crippen molar-refractivity contribution in [3.8, 4) is 0 Å². The summed E-state index contributed by atoms with van der Waals surface area (Å²) in [5.74, 6) is -0.978. The topological polar surface area (TPSA) is 47.0 Å². The molecular weight excluding hydrogens is 262 g/mol. The zero-order chi connectivity index (χ0) is 14.4. The van der Waals surface area contributed by atoms with Gasteiger partial charge in [-0.2, -0.15) is 0 Å². The van der Waals surface area contributed by atoms with Crippen LogP contribution in [0.4, 0.5) is 0 Å². The summed E-state index contributed by atoms with van der Waals surface area (Å²) in [6, 6.07) is 16.3. The van der Waals surface area contributed by atoms with Crippen molar-refractivity contribution < 1.29 is 9.59 Å². The van der Waals surface area contributed by atoms with Crippen molar-refractivity contribution >= 4 is 22.5 Å². The van der Waals surface area contributed by atoms with E-state index in [-0.39, 0.29) is 11.6 Å². The van der Waals surface area contributed by atoms with Crippen LogP contribution in [0.3, 0.4) is 0 Å². The van der Waals surface area contributed by atoms with Crippen LogP contribution in [0, 0.1) is 0 Å². The summed E-state index contributed by atoms with van der Waals surface area (Å²) < 4.78 is 0. The molecule has 0 N–H and O–H groups in total. The van der Waals surface area contributed by atoms with Crippen molar-refractivity contribution in [3.63, 3.8) is 0 Å². The molecule has 0 fully saturated rings. The maximum absolute atomic E-state index is 12.6. The molecule has 0 amide bonds. The van der Waals surface area contributed by atoms with E-state index in [9.17, 15) is 9.59 Å². The predicted molar refractivity (Wildman–Crippen MR) is 79.6 cm³/mol. The number of aromatic nitrogens is 1. The number of carbonyl (C=O) groups excluding carboxylic acids is 2. The van der Waals surface area contributed by atoms with Crippen LogP contribution >= 0.6 is 0 Å². The fraction of sp³-hybridized carbons (Fsp3) is 0.0556. The minimum atomic E-state index is -0.740. The minimum absolute atomic E-state index is 0.119. The molecule has 0 unspecified atom stereocenters. The molecule has 3 nitrogen and oxygen atoms in total. The number of ketones is 2. The fourth-order valence-electron chi connectivity index (χ4n) is 3.00. The first kappa shape index (κ1) is 12.0. The first-order valence-corrected chi connectivity index (χ1v) is 6.78. The number of nitrogens with zero attached hydrogens (tertiary/aromatic N) is 1. The average Bonchev–Trinajstić information content (AvgIpc) is 2.79. The van der Waals surface area contributed by atoms with Crippen LogP contribution in [-0.4, -0.2) is 16.6 Å². The monoisotopic (exact) mass is 273 g/mol. The van der Waals surface area contributed by atoms with Gasteiger partial charge in [0.25, 0.3) is 0 Å². The highest BCUT2D eigenvalue weighted by molar-refractivity contribution is 6.30. The highest BCUT2D eigenvalue weighted by atomic mass is 16.2. The summed E-state index contributed by atoms with van der Waals surface area (Å²) >= 11 is 0. The van der Waals surface area contributed by atoms with E-state index in [1.54, 1.807) is 30.5 Å². The molecular formula is C18H11NO2. The minimum Gasteiger partial charge on any atom is -0.293 e. The Kier molecular flexibility index (Phi) is 2.48. The van der Waals surface area contributed by atoms with Crippen LogP contribution in [0.2, 0.25) is 0 Å². The highest BCUT2D eigenvalue weighted by Crippen LogP contribution is 2.36. The molecule has 0 spiro atoms. The van der Waals surface area contributed by atoms with Gasteiger partial charge in [0, 0.05) is 22.7 Å². The molecule has 1 heterocycles. The third kappa shape index (κ3) is 1.64. The Balaban J connectivity index is 1.95. The Hall–Kier alpha value is -2.81. The Morgan fingerprint density at radius 1 is 0.762 bits per heavy atom. The maximum Gasteiger partial charge on any atom is 0.178 e. The van der Waals surface area contributed by atoms with Gasteiger partial charge in [0.15, 0.2) is 11.6 Å². The highest BCUT2D eigenvalue weighted by Gasteiger charge is 2.39. The molecule has 0 saturated heterocycles. The van der Waals surface area contributed by atoms with Crippen LogP contribution in [0.25, 0.3) is 10.9 Å². The van der Waals surface area contributed by atoms with E-state index < -0.39 is 5.92 Å². The van der Waals surface area contributed by atoms with Gasteiger partial charge in [0.2, 0.25) is 0 Å². The average molecular weight is 273 g/mol. The molecule has 0 saturated carbocycles. The lowest BCUT2D eigenvalue weighted by molar-refractivity contribution is 0.0891. The molecule has 0 atom stereocenters. The van der Waals surface area contributed by atoms with Crippen molar-refractivity contribution in [1.82, 2.24) is 4.98 Å². The van der Waals surface area contributed by atoms with Crippen molar-refractivity contribution in [2.24, 2.45) is 0 Å². The molecule has 0 radical (unpaired) electrons. The van der Waals surface area contributed by atoms with E-state index in [0.29, 0.717) is 11.1 Å². The number of benzene rings is 2. The van der Waals surface area contributed by atoms with Crippen molar-refractivity contribution in [2.45, 2.75) is 5.92 Å². The number of pyridine rings is 1. The smallest absolute Gasteiger partial charge is 0.178 e. The second-order valence-electron chi connectivity index (χ2n) is 5.12. The summed E-state index contributed by atoms with van der Waals surface area (Å²) in [7, 11) is 0. The van der Waals surface area contributed by atoms with Gasteiger partial charge >= 0.3 is 0 Å². The van der Waals surface area contributed by atoms with Gasteiger partial charge < -0.3 is 0 Å². The van der Waals surface area contributed by atoms with Gasteiger partial charge in [0.05, 0.1) is 5.52 Å². The van der Waals surface area contributed by atoms with Gasteiger partial charge in [-0.3, -0.25) is 14.6 Å². The van der Waals surface area contributed by atoms with E-state index in [1.165, 1.54) is 0 Å². The summed E-state index contributed by atoms with van der Waals surface area (Å²) in [4.78, 5) is 29.5. The summed E-state index contributed by atoms with van der Waals surface area (Å²) in [5.41, 5.74) is 2.58. The number of fused-ring (bicyclic) bond motifs is 2. The van der Waals surface area contributed by atoms with E-state index in [2.05, 4.69) is 4.98 Å². The zero-order valence-corrected chi connectivity index (χ0v) is 11.1. The first-order chi connectivity index (χ1) is 10.3. The molecule has 21 heavy (non-hydrogen) atoms. The van der Waals surface area contributed by atoms with Gasteiger partial charge in [-0.1, -0.05) is 42.5 Å². The van der Waals surface area contributed by atoms with E-state index in [4.69, 9.17) is 0 Å². The normalized spacial score (nSPS) is 14.7. The second kappa shape index (κ2) is 4.35. The number of rotatable bonds is 1.